The number of hydrogen-bond acceptors (Lipinski definition) is 6. The summed E-state index contributed by atoms with van der Waals surface area (Å²) in [6.45, 7) is 0.642. The number of amides is 1. The third-order valence-corrected chi connectivity index (χ3v) is 5.84. The number of nitrogens with one attached hydrogen (secondary N) is 1. The van der Waals surface area contributed by atoms with E-state index in [1.54, 1.807) is 18.3 Å². The minimum Gasteiger partial charge on any atom is -0.473 e. The Morgan fingerprint density at radius 2 is 2.00 bits per heavy atom. The lowest BCUT2D eigenvalue weighted by Gasteiger charge is -2.17. The smallest absolute Gasteiger partial charge is 0.411 e. The lowest BCUT2D eigenvalue weighted by Crippen LogP contribution is -2.31. The Bertz CT molecular complexity index is 856. The standard InChI is InChI=1S/C17H19N3O5S/c1-24-17(21)19-13-5-7-15(8-6-13)26(22,23)20-11-9-14(12-20)25-16-4-2-3-10-18-16/h2-8,10,14H,9,11-12H2,1H3,(H,19,21)/t14-/m1/s1. The fourth-order valence-electron chi connectivity index (χ4n) is 2.63. The molecule has 1 atom stereocenters. The van der Waals surface area contributed by atoms with E-state index in [0.29, 0.717) is 24.5 Å². The van der Waals surface area contributed by atoms with Crippen LogP contribution in [0.15, 0.2) is 53.6 Å². The van der Waals surface area contributed by atoms with Crippen molar-refractivity contribution in [2.45, 2.75) is 17.4 Å². The molecule has 9 heteroatoms. The van der Waals surface area contributed by atoms with E-state index in [1.807, 2.05) is 6.07 Å². The predicted octanol–water partition coefficient (Wildman–Crippen LogP) is 2.10. The molecule has 1 amide bonds. The van der Waals surface area contributed by atoms with Gasteiger partial charge in [0, 0.05) is 24.5 Å². The highest BCUT2D eigenvalue weighted by Crippen LogP contribution is 2.24. The molecule has 0 aliphatic carbocycles. The maximum absolute atomic E-state index is 12.8. The van der Waals surface area contributed by atoms with Gasteiger partial charge in [0.25, 0.3) is 0 Å². The maximum atomic E-state index is 12.8. The maximum Gasteiger partial charge on any atom is 0.411 e. The number of rotatable bonds is 5. The molecule has 0 spiro atoms. The predicted molar refractivity (Wildman–Crippen MR) is 94.5 cm³/mol. The SMILES string of the molecule is COC(=O)Nc1ccc(S(=O)(=O)N2CC[C@@H](Oc3ccccn3)C2)cc1. The highest BCUT2D eigenvalue weighted by Gasteiger charge is 2.33. The van der Waals surface area contributed by atoms with Gasteiger partial charge in [-0.05, 0) is 36.8 Å². The molecule has 2 heterocycles. The molecule has 1 aromatic heterocycles. The molecule has 138 valence electrons. The van der Waals surface area contributed by atoms with E-state index in [4.69, 9.17) is 4.74 Å². The fraction of sp³-hybridized carbons (Fsp3) is 0.294. The molecule has 1 saturated heterocycles. The number of anilines is 1. The minimum absolute atomic E-state index is 0.159. The molecule has 1 fully saturated rings. The summed E-state index contributed by atoms with van der Waals surface area (Å²) in [4.78, 5) is 15.4. The summed E-state index contributed by atoms with van der Waals surface area (Å²) < 4.78 is 37.2. The average Bonchev–Trinajstić information content (AvgIpc) is 3.12. The van der Waals surface area contributed by atoms with Gasteiger partial charge in [-0.15, -0.1) is 0 Å². The van der Waals surface area contributed by atoms with Crippen molar-refractivity contribution in [3.05, 3.63) is 48.7 Å². The zero-order valence-corrected chi connectivity index (χ0v) is 15.0. The Balaban J connectivity index is 1.66. The molecule has 1 aliphatic rings. The normalized spacial score (nSPS) is 17.7. The molecule has 8 nitrogen and oxygen atoms in total. The van der Waals surface area contributed by atoms with Crippen molar-refractivity contribution in [1.29, 1.82) is 0 Å². The molecule has 26 heavy (non-hydrogen) atoms. The van der Waals surface area contributed by atoms with Gasteiger partial charge in [-0.1, -0.05) is 6.07 Å². The number of sulfonamides is 1. The van der Waals surface area contributed by atoms with Crippen LogP contribution in [0.4, 0.5) is 10.5 Å². The van der Waals surface area contributed by atoms with Crippen LogP contribution in [0.25, 0.3) is 0 Å². The third kappa shape index (κ3) is 4.12. The zero-order chi connectivity index (χ0) is 18.6. The van der Waals surface area contributed by atoms with Gasteiger partial charge in [0.1, 0.15) is 6.10 Å². The van der Waals surface area contributed by atoms with E-state index >= 15 is 0 Å². The highest BCUT2D eigenvalue weighted by molar-refractivity contribution is 7.89. The molecule has 3 rings (SSSR count). The Kier molecular flexibility index (Phi) is 5.38. The van der Waals surface area contributed by atoms with Gasteiger partial charge >= 0.3 is 6.09 Å². The number of carbonyl (C=O) groups excluding carboxylic acids is 1. The number of ether oxygens (including phenoxy) is 2. The van der Waals surface area contributed by atoms with Gasteiger partial charge in [0.05, 0.1) is 18.6 Å². The Morgan fingerprint density at radius 3 is 2.65 bits per heavy atom. The van der Waals surface area contributed by atoms with Crippen molar-refractivity contribution in [2.75, 3.05) is 25.5 Å². The van der Waals surface area contributed by atoms with Crippen LogP contribution in [0.1, 0.15) is 6.42 Å². The number of pyridine rings is 1. The molecule has 1 aromatic carbocycles. The number of benzene rings is 1. The van der Waals surface area contributed by atoms with E-state index in [1.165, 1.54) is 35.7 Å². The van der Waals surface area contributed by atoms with Crippen molar-refractivity contribution >= 4 is 21.8 Å². The van der Waals surface area contributed by atoms with Gasteiger partial charge < -0.3 is 9.47 Å². The second-order valence-corrected chi connectivity index (χ2v) is 7.64. The quantitative estimate of drug-likeness (QED) is 0.857. The second kappa shape index (κ2) is 7.71. The van der Waals surface area contributed by atoms with Crippen molar-refractivity contribution in [2.24, 2.45) is 0 Å². The highest BCUT2D eigenvalue weighted by atomic mass is 32.2. The first kappa shape index (κ1) is 18.2. The van der Waals surface area contributed by atoms with Crippen LogP contribution in [0.3, 0.4) is 0 Å². The molecule has 0 radical (unpaired) electrons. The number of methoxy groups -OCH3 is 1. The Hall–Kier alpha value is -2.65. The van der Waals surface area contributed by atoms with Crippen LogP contribution < -0.4 is 10.1 Å². The monoisotopic (exact) mass is 377 g/mol. The topological polar surface area (TPSA) is 97.8 Å². The second-order valence-electron chi connectivity index (χ2n) is 5.70. The Morgan fingerprint density at radius 1 is 1.23 bits per heavy atom. The van der Waals surface area contributed by atoms with Gasteiger partial charge in [-0.25, -0.2) is 18.2 Å². The first-order chi connectivity index (χ1) is 12.5. The van der Waals surface area contributed by atoms with E-state index in [2.05, 4.69) is 15.0 Å². The van der Waals surface area contributed by atoms with Gasteiger partial charge in [-0.3, -0.25) is 5.32 Å². The van der Waals surface area contributed by atoms with Crippen LogP contribution in [0, 0.1) is 0 Å². The molecule has 2 aromatic rings. The summed E-state index contributed by atoms with van der Waals surface area (Å²) in [5, 5.41) is 2.48. The van der Waals surface area contributed by atoms with Crippen molar-refractivity contribution in [3.63, 3.8) is 0 Å². The fourth-order valence-corrected chi connectivity index (χ4v) is 4.11. The summed E-state index contributed by atoms with van der Waals surface area (Å²) in [6.07, 6.45) is 1.37. The van der Waals surface area contributed by atoms with Gasteiger partial charge in [-0.2, -0.15) is 4.31 Å². The van der Waals surface area contributed by atoms with Gasteiger partial charge in [0.15, 0.2) is 0 Å². The summed E-state index contributed by atoms with van der Waals surface area (Å²) in [5.41, 5.74) is 0.452. The number of hydrogen-bond donors (Lipinski definition) is 1. The molecule has 0 unspecified atom stereocenters. The van der Waals surface area contributed by atoms with E-state index in [0.717, 1.165) is 0 Å². The van der Waals surface area contributed by atoms with Crippen LogP contribution in [-0.2, 0) is 14.8 Å². The van der Waals surface area contributed by atoms with Gasteiger partial charge in [0.2, 0.25) is 15.9 Å². The number of nitrogens with zero attached hydrogens (tertiary/aromatic N) is 2. The Labute approximate surface area is 151 Å². The average molecular weight is 377 g/mol. The molecular weight excluding hydrogens is 358 g/mol. The molecule has 1 N–H and O–H groups in total. The van der Waals surface area contributed by atoms with Crippen molar-refractivity contribution in [3.8, 4) is 5.88 Å². The van der Waals surface area contributed by atoms with Crippen LogP contribution in [0.2, 0.25) is 0 Å². The number of carbonyl (C=O) groups is 1. The number of aromatic nitrogens is 1. The molecule has 0 bridgehead atoms. The first-order valence-corrected chi connectivity index (χ1v) is 9.46. The van der Waals surface area contributed by atoms with E-state index < -0.39 is 16.1 Å². The largest absolute Gasteiger partial charge is 0.473 e. The third-order valence-electron chi connectivity index (χ3n) is 3.96. The summed E-state index contributed by atoms with van der Waals surface area (Å²) in [6, 6.07) is 11.3. The van der Waals surface area contributed by atoms with Crippen LogP contribution in [0.5, 0.6) is 5.88 Å². The minimum atomic E-state index is -3.63. The summed E-state index contributed by atoms with van der Waals surface area (Å²) >= 11 is 0. The van der Waals surface area contributed by atoms with Crippen molar-refractivity contribution < 1.29 is 22.7 Å². The van der Waals surface area contributed by atoms with Crippen LogP contribution in [-0.4, -0.2) is 50.1 Å². The summed E-state index contributed by atoms with van der Waals surface area (Å²) in [5.74, 6) is 0.481. The molecule has 1 aliphatic heterocycles. The van der Waals surface area contributed by atoms with Crippen LogP contribution >= 0.6 is 0 Å². The zero-order valence-electron chi connectivity index (χ0n) is 14.2. The lowest BCUT2D eigenvalue weighted by atomic mass is 10.3. The molecular formula is C17H19N3O5S. The summed E-state index contributed by atoms with van der Waals surface area (Å²) in [7, 11) is -2.37. The lowest BCUT2D eigenvalue weighted by molar-refractivity contribution is 0.187. The van der Waals surface area contributed by atoms with E-state index in [-0.39, 0.29) is 17.5 Å². The van der Waals surface area contributed by atoms with Crippen molar-refractivity contribution in [1.82, 2.24) is 9.29 Å². The van der Waals surface area contributed by atoms with E-state index in [9.17, 15) is 13.2 Å². The first-order valence-electron chi connectivity index (χ1n) is 8.02. The molecule has 0 saturated carbocycles.